The van der Waals surface area contributed by atoms with Crippen LogP contribution in [0.5, 0.6) is 0 Å². The van der Waals surface area contributed by atoms with Gasteiger partial charge in [0.1, 0.15) is 0 Å². The topological polar surface area (TPSA) is 80.7 Å². The number of ether oxygens (including phenoxy) is 1. The van der Waals surface area contributed by atoms with Crippen molar-refractivity contribution in [2.24, 2.45) is 11.3 Å². The molecular formula is C14H22O5S2. The summed E-state index contributed by atoms with van der Waals surface area (Å²) in [5.41, 5.74) is -1.29. The molecule has 0 saturated carbocycles. The summed E-state index contributed by atoms with van der Waals surface area (Å²) >= 11 is 1.91. The zero-order chi connectivity index (χ0) is 15.1. The van der Waals surface area contributed by atoms with Crippen LogP contribution in [0.15, 0.2) is 0 Å². The van der Waals surface area contributed by atoms with E-state index in [1.807, 2.05) is 11.8 Å². The summed E-state index contributed by atoms with van der Waals surface area (Å²) in [4.78, 5) is 11.9. The lowest BCUT2D eigenvalue weighted by atomic mass is 9.67. The molecule has 0 aromatic heterocycles. The highest BCUT2D eigenvalue weighted by Crippen LogP contribution is 2.50. The fourth-order valence-electron chi connectivity index (χ4n) is 4.13. The van der Waals surface area contributed by atoms with Gasteiger partial charge in [0, 0.05) is 6.61 Å². The minimum absolute atomic E-state index is 0.0134. The smallest absolute Gasteiger partial charge is 0.310 e. The van der Waals surface area contributed by atoms with Gasteiger partial charge in [-0.3, -0.25) is 4.79 Å². The minimum atomic E-state index is -3.22. The highest BCUT2D eigenvalue weighted by atomic mass is 32.2. The van der Waals surface area contributed by atoms with Gasteiger partial charge in [-0.1, -0.05) is 0 Å². The lowest BCUT2D eigenvalue weighted by molar-refractivity contribution is -0.161. The number of sulfone groups is 1. The Morgan fingerprint density at radius 3 is 2.52 bits per heavy atom. The Hall–Kier alpha value is -0.270. The molecule has 0 radical (unpaired) electrons. The van der Waals surface area contributed by atoms with Crippen molar-refractivity contribution in [3.8, 4) is 0 Å². The first-order valence-corrected chi connectivity index (χ1v) is 10.5. The van der Waals surface area contributed by atoms with Crippen molar-refractivity contribution in [1.82, 2.24) is 0 Å². The van der Waals surface area contributed by atoms with Crippen molar-refractivity contribution in [3.05, 3.63) is 0 Å². The second-order valence-corrected chi connectivity index (χ2v) is 10.0. The fraction of sp³-hybridized carbons (Fsp3) is 0.929. The van der Waals surface area contributed by atoms with Gasteiger partial charge in [0.05, 0.1) is 22.5 Å². The van der Waals surface area contributed by atoms with Crippen LogP contribution >= 0.6 is 11.8 Å². The maximum Gasteiger partial charge on any atom is 0.310 e. The molecule has 0 aromatic carbocycles. The van der Waals surface area contributed by atoms with Gasteiger partial charge in [-0.2, -0.15) is 11.8 Å². The molecular weight excluding hydrogens is 312 g/mol. The summed E-state index contributed by atoms with van der Waals surface area (Å²) in [6, 6.07) is 0. The molecule has 0 aliphatic carbocycles. The van der Waals surface area contributed by atoms with Crippen molar-refractivity contribution in [2.45, 2.75) is 37.7 Å². The van der Waals surface area contributed by atoms with E-state index >= 15 is 0 Å². The van der Waals surface area contributed by atoms with E-state index in [4.69, 9.17) is 4.74 Å². The van der Waals surface area contributed by atoms with E-state index in [0.29, 0.717) is 19.4 Å². The van der Waals surface area contributed by atoms with Crippen molar-refractivity contribution in [3.63, 3.8) is 0 Å². The van der Waals surface area contributed by atoms with Crippen LogP contribution in [0.4, 0.5) is 0 Å². The standard InChI is InChI=1S/C14H22O5S2/c15-12(16)14(4-8-21(17,18)10-14)11-1-5-19-13(9-11)2-6-20-7-3-13/h11H,1-10H2,(H,15,16). The van der Waals surface area contributed by atoms with Crippen molar-refractivity contribution in [2.75, 3.05) is 29.6 Å². The molecule has 3 heterocycles. The lowest BCUT2D eigenvalue weighted by Crippen LogP contribution is -2.50. The number of rotatable bonds is 2. The highest BCUT2D eigenvalue weighted by molar-refractivity contribution is 7.99. The Morgan fingerprint density at radius 1 is 1.24 bits per heavy atom. The van der Waals surface area contributed by atoms with Crippen LogP contribution in [0.2, 0.25) is 0 Å². The number of hydrogen-bond donors (Lipinski definition) is 1. The Bertz CT molecular complexity index is 518. The summed E-state index contributed by atoms with van der Waals surface area (Å²) in [5.74, 6) is 0.903. The van der Waals surface area contributed by atoms with Crippen molar-refractivity contribution < 1.29 is 23.1 Å². The molecule has 3 rings (SSSR count). The Labute approximate surface area is 129 Å². The molecule has 3 fully saturated rings. The number of hydrogen-bond acceptors (Lipinski definition) is 5. The van der Waals surface area contributed by atoms with Crippen LogP contribution in [-0.2, 0) is 19.4 Å². The minimum Gasteiger partial charge on any atom is -0.481 e. The quantitative estimate of drug-likeness (QED) is 0.825. The van der Waals surface area contributed by atoms with E-state index in [-0.39, 0.29) is 29.4 Å². The molecule has 3 aliphatic heterocycles. The number of aliphatic carboxylic acids is 1. The summed E-state index contributed by atoms with van der Waals surface area (Å²) in [6.45, 7) is 0.560. The normalized spacial score (nSPS) is 38.4. The third-order valence-electron chi connectivity index (χ3n) is 5.44. The zero-order valence-electron chi connectivity index (χ0n) is 12.0. The van der Waals surface area contributed by atoms with Crippen LogP contribution in [0, 0.1) is 11.3 Å². The van der Waals surface area contributed by atoms with E-state index in [2.05, 4.69) is 0 Å². The van der Waals surface area contributed by atoms with Gasteiger partial charge in [0.25, 0.3) is 0 Å². The van der Waals surface area contributed by atoms with Crippen molar-refractivity contribution >= 4 is 27.6 Å². The SMILES string of the molecule is O=C(O)C1(C2CCOC3(CCSCC3)C2)CCS(=O)(=O)C1. The summed E-state index contributed by atoms with van der Waals surface area (Å²) < 4.78 is 29.7. The van der Waals surface area contributed by atoms with Gasteiger partial charge >= 0.3 is 5.97 Å². The van der Waals surface area contributed by atoms with E-state index in [1.165, 1.54) is 0 Å². The molecule has 0 amide bonds. The number of carboxylic acid groups (broad SMARTS) is 1. The summed E-state index contributed by atoms with van der Waals surface area (Å²) in [7, 11) is -3.22. The van der Waals surface area contributed by atoms with Gasteiger partial charge < -0.3 is 9.84 Å². The van der Waals surface area contributed by atoms with E-state index in [9.17, 15) is 18.3 Å². The monoisotopic (exact) mass is 334 g/mol. The molecule has 1 N–H and O–H groups in total. The van der Waals surface area contributed by atoms with Gasteiger partial charge in [0.15, 0.2) is 9.84 Å². The van der Waals surface area contributed by atoms with E-state index in [1.54, 1.807) is 0 Å². The molecule has 120 valence electrons. The second-order valence-electron chi connectivity index (χ2n) is 6.64. The first kappa shape index (κ1) is 15.6. The van der Waals surface area contributed by atoms with E-state index in [0.717, 1.165) is 24.3 Å². The molecule has 2 atom stereocenters. The average molecular weight is 334 g/mol. The molecule has 3 aliphatic rings. The highest BCUT2D eigenvalue weighted by Gasteiger charge is 2.56. The summed E-state index contributed by atoms with van der Waals surface area (Å²) in [5, 5.41) is 9.73. The Kier molecular flexibility index (Phi) is 4.03. The third kappa shape index (κ3) is 2.84. The van der Waals surface area contributed by atoms with Crippen LogP contribution < -0.4 is 0 Å². The van der Waals surface area contributed by atoms with Gasteiger partial charge in [-0.05, 0) is 49.5 Å². The van der Waals surface area contributed by atoms with Gasteiger partial charge in [-0.25, -0.2) is 8.42 Å². The Morgan fingerprint density at radius 2 is 1.95 bits per heavy atom. The van der Waals surface area contributed by atoms with Gasteiger partial charge in [-0.15, -0.1) is 0 Å². The maximum absolute atomic E-state index is 11.9. The van der Waals surface area contributed by atoms with Crippen LogP contribution in [0.1, 0.15) is 32.1 Å². The summed E-state index contributed by atoms with van der Waals surface area (Å²) in [6.07, 6.45) is 3.54. The molecule has 3 saturated heterocycles. The zero-order valence-corrected chi connectivity index (χ0v) is 13.7. The third-order valence-corrected chi connectivity index (χ3v) is 8.21. The van der Waals surface area contributed by atoms with Gasteiger partial charge in [0.2, 0.25) is 0 Å². The first-order chi connectivity index (χ1) is 9.88. The molecule has 1 spiro atoms. The number of carboxylic acids is 1. The van der Waals surface area contributed by atoms with Crippen LogP contribution in [0.3, 0.4) is 0 Å². The predicted octanol–water partition coefficient (Wildman–Crippen LogP) is 1.57. The average Bonchev–Trinajstić information content (AvgIpc) is 2.77. The lowest BCUT2D eigenvalue weighted by Gasteiger charge is -2.47. The first-order valence-electron chi connectivity index (χ1n) is 7.53. The van der Waals surface area contributed by atoms with Crippen LogP contribution in [0.25, 0.3) is 0 Å². The predicted molar refractivity (Wildman–Crippen MR) is 81.3 cm³/mol. The number of carbonyl (C=O) groups is 1. The molecule has 21 heavy (non-hydrogen) atoms. The molecule has 0 aromatic rings. The second kappa shape index (κ2) is 5.42. The Balaban J connectivity index is 1.85. The molecule has 0 bridgehead atoms. The molecule has 2 unspecified atom stereocenters. The van der Waals surface area contributed by atoms with Crippen molar-refractivity contribution in [1.29, 1.82) is 0 Å². The van der Waals surface area contributed by atoms with E-state index < -0.39 is 21.2 Å². The largest absolute Gasteiger partial charge is 0.481 e. The maximum atomic E-state index is 11.9. The molecule has 7 heteroatoms. The van der Waals surface area contributed by atoms with Crippen LogP contribution in [-0.4, -0.2) is 54.7 Å². The number of thioether (sulfide) groups is 1. The molecule has 5 nitrogen and oxygen atoms in total. The fourth-order valence-corrected chi connectivity index (χ4v) is 7.48.